The van der Waals surface area contributed by atoms with Crippen molar-refractivity contribution in [2.75, 3.05) is 0 Å². The summed E-state index contributed by atoms with van der Waals surface area (Å²) in [6, 6.07) is 0. The van der Waals surface area contributed by atoms with Gasteiger partial charge in [0.1, 0.15) is 11.7 Å². The van der Waals surface area contributed by atoms with Crippen molar-refractivity contribution in [3.8, 4) is 11.8 Å². The highest BCUT2D eigenvalue weighted by molar-refractivity contribution is 5.94. The summed E-state index contributed by atoms with van der Waals surface area (Å²) >= 11 is 0. The average molecular weight is 278 g/mol. The van der Waals surface area contributed by atoms with E-state index in [1.54, 1.807) is 0 Å². The molecule has 0 aromatic rings. The fourth-order valence-corrected chi connectivity index (χ4v) is 3.95. The molecule has 0 amide bonds. The first-order valence-electron chi connectivity index (χ1n) is 7.65. The number of rotatable bonds is 1. The molecule has 3 N–H and O–H groups in total. The third-order valence-electron chi connectivity index (χ3n) is 5.42. The number of aliphatic hydroxyl groups is 3. The Kier molecular flexibility index (Phi) is 3.62. The molecular formula is C16H22O4. The number of fused-ring (bicyclic) bond motifs is 1. The maximum absolute atomic E-state index is 11.6. The predicted molar refractivity (Wildman–Crippen MR) is 72.5 cm³/mol. The summed E-state index contributed by atoms with van der Waals surface area (Å²) in [6.07, 6.45) is 4.10. The largest absolute Gasteiger partial charge is 0.392 e. The van der Waals surface area contributed by atoms with Gasteiger partial charge in [-0.05, 0) is 31.6 Å². The summed E-state index contributed by atoms with van der Waals surface area (Å²) in [6.45, 7) is 0. The van der Waals surface area contributed by atoms with E-state index in [4.69, 9.17) is 0 Å². The zero-order chi connectivity index (χ0) is 14.3. The van der Waals surface area contributed by atoms with Crippen LogP contribution in [0.2, 0.25) is 0 Å². The molecule has 4 heteroatoms. The third kappa shape index (κ3) is 2.18. The van der Waals surface area contributed by atoms with Crippen LogP contribution in [0.5, 0.6) is 0 Å². The van der Waals surface area contributed by atoms with Crippen LogP contribution >= 0.6 is 0 Å². The molecule has 3 rings (SSSR count). The Morgan fingerprint density at radius 3 is 2.60 bits per heavy atom. The molecule has 0 aliphatic heterocycles. The standard InChI is InChI=1S/C16H22O4/c17-13(10-3-1-2-4-10)6-5-11-12-9-15(19)16(12,20)8-7-14(11)18/h10-14,17-18,20H,1-4,7-9H2/t11-,12-,13+,14-,16-/m0/s1. The van der Waals surface area contributed by atoms with E-state index in [2.05, 4.69) is 11.8 Å². The second-order valence-corrected chi connectivity index (χ2v) is 6.57. The van der Waals surface area contributed by atoms with Crippen molar-refractivity contribution >= 4 is 5.78 Å². The normalized spacial score (nSPS) is 42.4. The minimum Gasteiger partial charge on any atom is -0.392 e. The van der Waals surface area contributed by atoms with E-state index in [1.807, 2.05) is 0 Å². The number of carbonyl (C=O) groups excluding carboxylic acids is 1. The first-order chi connectivity index (χ1) is 9.52. The Labute approximate surface area is 119 Å². The lowest BCUT2D eigenvalue weighted by Crippen LogP contribution is -2.63. The Bertz CT molecular complexity index is 457. The van der Waals surface area contributed by atoms with Crippen molar-refractivity contribution in [2.45, 2.75) is 62.8 Å². The second kappa shape index (κ2) is 5.14. The van der Waals surface area contributed by atoms with Crippen LogP contribution in [0.3, 0.4) is 0 Å². The van der Waals surface area contributed by atoms with E-state index < -0.39 is 17.8 Å². The second-order valence-electron chi connectivity index (χ2n) is 6.57. The molecule has 3 saturated carbocycles. The maximum atomic E-state index is 11.6. The lowest BCUT2D eigenvalue weighted by atomic mass is 9.56. The Morgan fingerprint density at radius 1 is 1.25 bits per heavy atom. The monoisotopic (exact) mass is 278 g/mol. The van der Waals surface area contributed by atoms with Crippen LogP contribution in [-0.2, 0) is 4.79 Å². The van der Waals surface area contributed by atoms with E-state index in [9.17, 15) is 20.1 Å². The molecule has 3 aliphatic carbocycles. The smallest absolute Gasteiger partial charge is 0.165 e. The van der Waals surface area contributed by atoms with Crippen LogP contribution in [0.15, 0.2) is 0 Å². The number of carbonyl (C=O) groups is 1. The Morgan fingerprint density at radius 2 is 1.95 bits per heavy atom. The van der Waals surface area contributed by atoms with Crippen LogP contribution in [0.4, 0.5) is 0 Å². The highest BCUT2D eigenvalue weighted by Gasteiger charge is 2.59. The number of ketones is 1. The average Bonchev–Trinajstić information content (AvgIpc) is 2.96. The molecule has 20 heavy (non-hydrogen) atoms. The van der Waals surface area contributed by atoms with E-state index >= 15 is 0 Å². The van der Waals surface area contributed by atoms with Gasteiger partial charge in [0, 0.05) is 12.3 Å². The summed E-state index contributed by atoms with van der Waals surface area (Å²) in [5, 5.41) is 30.4. The molecule has 0 spiro atoms. The molecule has 0 unspecified atom stereocenters. The first-order valence-corrected chi connectivity index (χ1v) is 7.65. The topological polar surface area (TPSA) is 77.8 Å². The molecule has 0 saturated heterocycles. The van der Waals surface area contributed by atoms with Gasteiger partial charge in [0.15, 0.2) is 5.78 Å². The number of aliphatic hydroxyl groups excluding tert-OH is 2. The quantitative estimate of drug-likeness (QED) is 0.615. The van der Waals surface area contributed by atoms with Crippen molar-refractivity contribution < 1.29 is 20.1 Å². The van der Waals surface area contributed by atoms with Crippen molar-refractivity contribution in [1.29, 1.82) is 0 Å². The molecule has 0 aromatic heterocycles. The lowest BCUT2D eigenvalue weighted by Gasteiger charge is -2.51. The number of Topliss-reactive ketones (excluding diaryl/α,β-unsaturated/α-hetero) is 1. The molecule has 0 bridgehead atoms. The molecule has 0 heterocycles. The Hall–Kier alpha value is -0.890. The van der Waals surface area contributed by atoms with E-state index in [0.717, 1.165) is 25.7 Å². The van der Waals surface area contributed by atoms with E-state index in [0.29, 0.717) is 19.3 Å². The summed E-state index contributed by atoms with van der Waals surface area (Å²) in [5.41, 5.74) is -1.27. The fraction of sp³-hybridized carbons (Fsp3) is 0.812. The van der Waals surface area contributed by atoms with Gasteiger partial charge in [-0.25, -0.2) is 0 Å². The van der Waals surface area contributed by atoms with Crippen LogP contribution in [-0.4, -0.2) is 38.9 Å². The van der Waals surface area contributed by atoms with Crippen LogP contribution in [0.25, 0.3) is 0 Å². The minimum atomic E-state index is -1.27. The van der Waals surface area contributed by atoms with Gasteiger partial charge in [0.25, 0.3) is 0 Å². The molecule has 3 aliphatic rings. The van der Waals surface area contributed by atoms with Gasteiger partial charge in [-0.15, -0.1) is 0 Å². The predicted octanol–water partition coefficient (Wildman–Crippen LogP) is 0.632. The van der Waals surface area contributed by atoms with E-state index in [-0.39, 0.29) is 23.5 Å². The van der Waals surface area contributed by atoms with Crippen molar-refractivity contribution in [3.05, 3.63) is 0 Å². The van der Waals surface area contributed by atoms with Gasteiger partial charge in [0.05, 0.1) is 12.0 Å². The maximum Gasteiger partial charge on any atom is 0.165 e. The highest BCUT2D eigenvalue weighted by atomic mass is 16.3. The lowest BCUT2D eigenvalue weighted by molar-refractivity contribution is -0.181. The molecule has 5 atom stereocenters. The molecule has 3 fully saturated rings. The SMILES string of the molecule is O=C1C[C@H]2[C@H](C#C[C@@H](O)C3CCCC3)[C@@H](O)CC[C@@]12O. The molecule has 110 valence electrons. The molecular weight excluding hydrogens is 256 g/mol. The third-order valence-corrected chi connectivity index (χ3v) is 5.42. The van der Waals surface area contributed by atoms with Crippen LogP contribution in [0, 0.1) is 29.6 Å². The summed E-state index contributed by atoms with van der Waals surface area (Å²) in [4.78, 5) is 11.6. The molecule has 0 radical (unpaired) electrons. The summed E-state index contributed by atoms with van der Waals surface area (Å²) in [7, 11) is 0. The van der Waals surface area contributed by atoms with Crippen molar-refractivity contribution in [3.63, 3.8) is 0 Å². The highest BCUT2D eigenvalue weighted by Crippen LogP contribution is 2.48. The number of hydrogen-bond acceptors (Lipinski definition) is 4. The first kappa shape index (κ1) is 14.1. The summed E-state index contributed by atoms with van der Waals surface area (Å²) < 4.78 is 0. The van der Waals surface area contributed by atoms with Crippen LogP contribution in [0.1, 0.15) is 44.9 Å². The molecule has 4 nitrogen and oxygen atoms in total. The van der Waals surface area contributed by atoms with Crippen LogP contribution < -0.4 is 0 Å². The zero-order valence-corrected chi connectivity index (χ0v) is 11.6. The van der Waals surface area contributed by atoms with Crippen molar-refractivity contribution in [1.82, 2.24) is 0 Å². The van der Waals surface area contributed by atoms with Gasteiger partial charge in [0.2, 0.25) is 0 Å². The zero-order valence-electron chi connectivity index (χ0n) is 11.6. The minimum absolute atomic E-state index is 0.127. The van der Waals surface area contributed by atoms with Crippen molar-refractivity contribution in [2.24, 2.45) is 17.8 Å². The number of hydrogen-bond donors (Lipinski definition) is 3. The van der Waals surface area contributed by atoms with Gasteiger partial charge in [-0.3, -0.25) is 4.79 Å². The van der Waals surface area contributed by atoms with Gasteiger partial charge in [-0.2, -0.15) is 0 Å². The van der Waals surface area contributed by atoms with Gasteiger partial charge >= 0.3 is 0 Å². The van der Waals surface area contributed by atoms with Gasteiger partial charge in [-0.1, -0.05) is 24.7 Å². The molecule has 0 aromatic carbocycles. The summed E-state index contributed by atoms with van der Waals surface area (Å²) in [5.74, 6) is 5.29. The van der Waals surface area contributed by atoms with E-state index in [1.165, 1.54) is 0 Å². The Balaban J connectivity index is 1.71. The van der Waals surface area contributed by atoms with Gasteiger partial charge < -0.3 is 15.3 Å². The fourth-order valence-electron chi connectivity index (χ4n) is 3.95.